The number of nitrogens with one attached hydrogen (secondary N) is 1. The van der Waals surface area contributed by atoms with Crippen LogP contribution in [-0.2, 0) is 16.0 Å². The van der Waals surface area contributed by atoms with Crippen LogP contribution in [0.1, 0.15) is 22.3 Å². The molecule has 0 aliphatic carbocycles. The number of para-hydroxylation sites is 1. The molecular weight excluding hydrogens is 410 g/mol. The first-order chi connectivity index (χ1) is 13.0. The average Bonchev–Trinajstić information content (AvgIpc) is 3.03. The minimum atomic E-state index is -0.672. The highest BCUT2D eigenvalue weighted by molar-refractivity contribution is 9.10. The molecule has 3 rings (SSSR count). The summed E-state index contributed by atoms with van der Waals surface area (Å²) in [6.45, 7) is 0.903. The van der Waals surface area contributed by atoms with E-state index in [1.54, 1.807) is 23.1 Å². The molecule has 1 aliphatic rings. The van der Waals surface area contributed by atoms with Crippen molar-refractivity contribution in [3.05, 3.63) is 64.1 Å². The Hall–Kier alpha value is -2.67. The summed E-state index contributed by atoms with van der Waals surface area (Å²) in [4.78, 5) is 38.0. The first-order valence-corrected chi connectivity index (χ1v) is 9.49. The fraction of sp³-hybridized carbons (Fsp3) is 0.250. The van der Waals surface area contributed by atoms with Crippen molar-refractivity contribution in [1.82, 2.24) is 5.32 Å². The molecular formula is C20H20BrN3O3. The highest BCUT2D eigenvalue weighted by atomic mass is 79.9. The van der Waals surface area contributed by atoms with Gasteiger partial charge in [0.2, 0.25) is 17.7 Å². The summed E-state index contributed by atoms with van der Waals surface area (Å²) in [5.74, 6) is -1.60. The van der Waals surface area contributed by atoms with E-state index in [-0.39, 0.29) is 11.8 Å². The van der Waals surface area contributed by atoms with E-state index in [1.807, 2.05) is 30.3 Å². The Morgan fingerprint density at radius 3 is 2.70 bits per heavy atom. The summed E-state index contributed by atoms with van der Waals surface area (Å²) in [6, 6.07) is 14.5. The fourth-order valence-electron chi connectivity index (χ4n) is 3.17. The van der Waals surface area contributed by atoms with Gasteiger partial charge in [-0.2, -0.15) is 0 Å². The van der Waals surface area contributed by atoms with Gasteiger partial charge in [-0.25, -0.2) is 0 Å². The van der Waals surface area contributed by atoms with Crippen LogP contribution < -0.4 is 16.0 Å². The molecule has 2 aromatic rings. The van der Waals surface area contributed by atoms with E-state index in [0.717, 1.165) is 15.7 Å². The van der Waals surface area contributed by atoms with Crippen LogP contribution in [0, 0.1) is 5.92 Å². The summed E-state index contributed by atoms with van der Waals surface area (Å²) < 4.78 is 0.828. The zero-order valence-electron chi connectivity index (χ0n) is 14.7. The zero-order valence-corrected chi connectivity index (χ0v) is 16.2. The monoisotopic (exact) mass is 429 g/mol. The molecule has 0 spiro atoms. The van der Waals surface area contributed by atoms with Crippen molar-refractivity contribution in [3.8, 4) is 0 Å². The molecule has 3 amide bonds. The molecule has 3 N–H and O–H groups in total. The maximum absolute atomic E-state index is 12.6. The van der Waals surface area contributed by atoms with Crippen LogP contribution in [-0.4, -0.2) is 30.8 Å². The molecule has 1 unspecified atom stereocenters. The SMILES string of the molecule is NC(=O)c1cccc(CCNC(=O)C2CCN(c3ccccc3Br)C2=O)c1. The number of primary amides is 1. The molecule has 0 aromatic heterocycles. The van der Waals surface area contributed by atoms with Gasteiger partial charge in [-0.05, 0) is 58.6 Å². The van der Waals surface area contributed by atoms with Gasteiger partial charge in [-0.3, -0.25) is 14.4 Å². The average molecular weight is 430 g/mol. The molecule has 1 fully saturated rings. The molecule has 1 saturated heterocycles. The number of amides is 3. The normalized spacial score (nSPS) is 16.4. The standard InChI is InChI=1S/C20H20BrN3O3/c21-16-6-1-2-7-17(16)24-11-9-15(20(24)27)19(26)23-10-8-13-4-3-5-14(12-13)18(22)25/h1-7,12,15H,8-11H2,(H2,22,25)(H,23,26). The highest BCUT2D eigenvalue weighted by Gasteiger charge is 2.37. The van der Waals surface area contributed by atoms with E-state index >= 15 is 0 Å². The van der Waals surface area contributed by atoms with Crippen molar-refractivity contribution in [1.29, 1.82) is 0 Å². The van der Waals surface area contributed by atoms with Gasteiger partial charge in [-0.1, -0.05) is 24.3 Å². The van der Waals surface area contributed by atoms with Gasteiger partial charge in [0, 0.05) is 23.1 Å². The number of hydrogen-bond acceptors (Lipinski definition) is 3. The second kappa shape index (κ2) is 8.35. The molecule has 1 heterocycles. The quantitative estimate of drug-likeness (QED) is 0.689. The first-order valence-electron chi connectivity index (χ1n) is 8.69. The fourth-order valence-corrected chi connectivity index (χ4v) is 3.67. The van der Waals surface area contributed by atoms with Gasteiger partial charge in [0.1, 0.15) is 5.92 Å². The molecule has 6 nitrogen and oxygen atoms in total. The van der Waals surface area contributed by atoms with Crippen LogP contribution in [0.4, 0.5) is 5.69 Å². The lowest BCUT2D eigenvalue weighted by molar-refractivity contribution is -0.132. The van der Waals surface area contributed by atoms with Crippen LogP contribution in [0.15, 0.2) is 53.0 Å². The number of hydrogen-bond donors (Lipinski definition) is 2. The number of benzene rings is 2. The van der Waals surface area contributed by atoms with Crippen LogP contribution in [0.5, 0.6) is 0 Å². The second-order valence-electron chi connectivity index (χ2n) is 6.39. The zero-order chi connectivity index (χ0) is 19.4. The number of nitrogens with zero attached hydrogens (tertiary/aromatic N) is 1. The molecule has 7 heteroatoms. The minimum absolute atomic E-state index is 0.185. The van der Waals surface area contributed by atoms with Crippen LogP contribution in [0.2, 0.25) is 0 Å². The summed E-state index contributed by atoms with van der Waals surface area (Å²) in [6.07, 6.45) is 1.05. The summed E-state index contributed by atoms with van der Waals surface area (Å²) in [5.41, 5.74) is 7.39. The molecule has 27 heavy (non-hydrogen) atoms. The predicted octanol–water partition coefficient (Wildman–Crippen LogP) is 2.26. The molecule has 1 atom stereocenters. The van der Waals surface area contributed by atoms with Crippen molar-refractivity contribution in [2.75, 3.05) is 18.0 Å². The Morgan fingerprint density at radius 2 is 1.96 bits per heavy atom. The Morgan fingerprint density at radius 1 is 1.19 bits per heavy atom. The number of halogens is 1. The third-order valence-electron chi connectivity index (χ3n) is 4.59. The van der Waals surface area contributed by atoms with Crippen molar-refractivity contribution in [2.45, 2.75) is 12.8 Å². The van der Waals surface area contributed by atoms with Gasteiger partial charge in [0.05, 0.1) is 5.69 Å². The third-order valence-corrected chi connectivity index (χ3v) is 5.26. The topological polar surface area (TPSA) is 92.5 Å². The Bertz CT molecular complexity index is 884. The summed E-state index contributed by atoms with van der Waals surface area (Å²) in [5, 5.41) is 2.82. The molecule has 140 valence electrons. The van der Waals surface area contributed by atoms with E-state index in [1.165, 1.54) is 0 Å². The Labute approximate surface area is 165 Å². The maximum Gasteiger partial charge on any atom is 0.248 e. The van der Waals surface area contributed by atoms with Crippen LogP contribution in [0.3, 0.4) is 0 Å². The van der Waals surface area contributed by atoms with Crippen molar-refractivity contribution < 1.29 is 14.4 Å². The minimum Gasteiger partial charge on any atom is -0.366 e. The largest absolute Gasteiger partial charge is 0.366 e. The third kappa shape index (κ3) is 4.36. The van der Waals surface area contributed by atoms with Gasteiger partial charge in [0.15, 0.2) is 0 Å². The van der Waals surface area contributed by atoms with Gasteiger partial charge in [-0.15, -0.1) is 0 Å². The number of anilines is 1. The maximum atomic E-state index is 12.6. The summed E-state index contributed by atoms with van der Waals surface area (Å²) >= 11 is 3.45. The number of rotatable bonds is 6. The summed E-state index contributed by atoms with van der Waals surface area (Å²) in [7, 11) is 0. The van der Waals surface area contributed by atoms with Gasteiger partial charge >= 0.3 is 0 Å². The molecule has 1 aliphatic heterocycles. The van der Waals surface area contributed by atoms with E-state index in [4.69, 9.17) is 5.73 Å². The Kier molecular flexibility index (Phi) is 5.91. The predicted molar refractivity (Wildman–Crippen MR) is 106 cm³/mol. The van der Waals surface area contributed by atoms with E-state index in [9.17, 15) is 14.4 Å². The lowest BCUT2D eigenvalue weighted by atomic mass is 10.1. The van der Waals surface area contributed by atoms with Gasteiger partial charge < -0.3 is 16.0 Å². The number of carbonyl (C=O) groups excluding carboxylic acids is 3. The lowest BCUT2D eigenvalue weighted by Gasteiger charge is -2.18. The Balaban J connectivity index is 1.56. The smallest absolute Gasteiger partial charge is 0.248 e. The van der Waals surface area contributed by atoms with Crippen LogP contribution >= 0.6 is 15.9 Å². The van der Waals surface area contributed by atoms with Gasteiger partial charge in [0.25, 0.3) is 0 Å². The van der Waals surface area contributed by atoms with E-state index in [2.05, 4.69) is 21.2 Å². The van der Waals surface area contributed by atoms with E-state index in [0.29, 0.717) is 31.5 Å². The first kappa shape index (κ1) is 19.1. The molecule has 0 saturated carbocycles. The number of nitrogens with two attached hydrogens (primary N) is 1. The van der Waals surface area contributed by atoms with Crippen molar-refractivity contribution in [3.63, 3.8) is 0 Å². The van der Waals surface area contributed by atoms with Crippen molar-refractivity contribution in [2.24, 2.45) is 11.7 Å². The van der Waals surface area contributed by atoms with E-state index < -0.39 is 11.8 Å². The lowest BCUT2D eigenvalue weighted by Crippen LogP contribution is -2.37. The van der Waals surface area contributed by atoms with Crippen molar-refractivity contribution >= 4 is 39.3 Å². The number of carbonyl (C=O) groups is 3. The second-order valence-corrected chi connectivity index (χ2v) is 7.24. The van der Waals surface area contributed by atoms with Crippen LogP contribution in [0.25, 0.3) is 0 Å². The highest BCUT2D eigenvalue weighted by Crippen LogP contribution is 2.31. The molecule has 2 aromatic carbocycles. The molecule has 0 bridgehead atoms. The molecule has 0 radical (unpaired) electrons.